The molecule has 0 aromatic heterocycles. The molecule has 1 aliphatic heterocycles. The SMILES string of the molecule is CCC1NC(c2ccccc2C)N(CC2CC2)C1=O. The molecular weight excluding hydrogens is 236 g/mol. The minimum Gasteiger partial charge on any atom is -0.321 e. The number of carbonyl (C=O) groups excluding carboxylic acids is 1. The average molecular weight is 258 g/mol. The summed E-state index contributed by atoms with van der Waals surface area (Å²) in [6.07, 6.45) is 3.49. The van der Waals surface area contributed by atoms with Crippen LogP contribution >= 0.6 is 0 Å². The maximum absolute atomic E-state index is 12.5. The average Bonchev–Trinajstić information content (AvgIpc) is 3.17. The van der Waals surface area contributed by atoms with E-state index in [4.69, 9.17) is 0 Å². The van der Waals surface area contributed by atoms with Crippen molar-refractivity contribution in [2.75, 3.05) is 6.54 Å². The number of nitrogens with one attached hydrogen (secondary N) is 1. The van der Waals surface area contributed by atoms with Crippen molar-refractivity contribution in [1.82, 2.24) is 10.2 Å². The Morgan fingerprint density at radius 3 is 2.68 bits per heavy atom. The lowest BCUT2D eigenvalue weighted by Crippen LogP contribution is -2.33. The zero-order valence-corrected chi connectivity index (χ0v) is 11.7. The Balaban J connectivity index is 1.88. The molecule has 2 unspecified atom stereocenters. The highest BCUT2D eigenvalue weighted by atomic mass is 16.2. The first-order valence-corrected chi connectivity index (χ1v) is 7.32. The monoisotopic (exact) mass is 258 g/mol. The van der Waals surface area contributed by atoms with Crippen molar-refractivity contribution in [3.8, 4) is 0 Å². The number of carbonyl (C=O) groups is 1. The molecule has 0 radical (unpaired) electrons. The molecule has 1 aromatic rings. The second-order valence-electron chi connectivity index (χ2n) is 5.82. The van der Waals surface area contributed by atoms with Crippen LogP contribution in [0.4, 0.5) is 0 Å². The first-order valence-electron chi connectivity index (χ1n) is 7.32. The first kappa shape index (κ1) is 12.7. The van der Waals surface area contributed by atoms with E-state index in [-0.39, 0.29) is 18.1 Å². The lowest BCUT2D eigenvalue weighted by atomic mass is 10.1. The van der Waals surface area contributed by atoms with E-state index in [2.05, 4.69) is 48.3 Å². The molecular formula is C16H22N2O. The Morgan fingerprint density at radius 1 is 1.32 bits per heavy atom. The molecule has 1 N–H and O–H groups in total. The van der Waals surface area contributed by atoms with Crippen molar-refractivity contribution < 1.29 is 4.79 Å². The van der Waals surface area contributed by atoms with Gasteiger partial charge in [0.05, 0.1) is 6.04 Å². The van der Waals surface area contributed by atoms with Crippen molar-refractivity contribution >= 4 is 5.91 Å². The van der Waals surface area contributed by atoms with E-state index < -0.39 is 0 Å². The van der Waals surface area contributed by atoms with Gasteiger partial charge in [0.25, 0.3) is 0 Å². The normalized spacial score (nSPS) is 27.1. The molecule has 2 fully saturated rings. The fourth-order valence-corrected chi connectivity index (χ4v) is 2.90. The Hall–Kier alpha value is -1.35. The van der Waals surface area contributed by atoms with Gasteiger partial charge in [-0.3, -0.25) is 10.1 Å². The van der Waals surface area contributed by atoms with E-state index in [1.54, 1.807) is 0 Å². The predicted molar refractivity (Wildman–Crippen MR) is 75.6 cm³/mol. The van der Waals surface area contributed by atoms with Crippen LogP contribution in [0, 0.1) is 12.8 Å². The maximum atomic E-state index is 12.5. The summed E-state index contributed by atoms with van der Waals surface area (Å²) in [5.74, 6) is 1.01. The van der Waals surface area contributed by atoms with Crippen LogP contribution in [0.15, 0.2) is 24.3 Å². The summed E-state index contributed by atoms with van der Waals surface area (Å²) in [6, 6.07) is 8.36. The minimum atomic E-state index is -0.0108. The largest absolute Gasteiger partial charge is 0.321 e. The Bertz CT molecular complexity index is 481. The number of hydrogen-bond acceptors (Lipinski definition) is 2. The van der Waals surface area contributed by atoms with Crippen molar-refractivity contribution in [2.24, 2.45) is 5.92 Å². The smallest absolute Gasteiger partial charge is 0.241 e. The molecule has 3 rings (SSSR count). The van der Waals surface area contributed by atoms with Gasteiger partial charge in [-0.1, -0.05) is 31.2 Å². The van der Waals surface area contributed by atoms with Crippen LogP contribution in [0.5, 0.6) is 0 Å². The van der Waals surface area contributed by atoms with E-state index >= 15 is 0 Å². The number of aryl methyl sites for hydroxylation is 1. The number of rotatable bonds is 4. The molecule has 2 atom stereocenters. The molecule has 1 saturated heterocycles. The zero-order chi connectivity index (χ0) is 13.4. The lowest BCUT2D eigenvalue weighted by molar-refractivity contribution is -0.130. The van der Waals surface area contributed by atoms with Gasteiger partial charge in [-0.2, -0.15) is 0 Å². The van der Waals surface area contributed by atoms with Gasteiger partial charge in [-0.15, -0.1) is 0 Å². The Morgan fingerprint density at radius 2 is 2.05 bits per heavy atom. The fourth-order valence-electron chi connectivity index (χ4n) is 2.90. The van der Waals surface area contributed by atoms with Crippen molar-refractivity contribution in [1.29, 1.82) is 0 Å². The van der Waals surface area contributed by atoms with E-state index in [9.17, 15) is 4.79 Å². The van der Waals surface area contributed by atoms with Crippen LogP contribution in [0.3, 0.4) is 0 Å². The highest BCUT2D eigenvalue weighted by molar-refractivity contribution is 5.84. The van der Waals surface area contributed by atoms with Crippen LogP contribution in [-0.4, -0.2) is 23.4 Å². The topological polar surface area (TPSA) is 32.3 Å². The molecule has 3 heteroatoms. The maximum Gasteiger partial charge on any atom is 0.241 e. The minimum absolute atomic E-state index is 0.0108. The van der Waals surface area contributed by atoms with Crippen LogP contribution in [0.1, 0.15) is 43.5 Å². The summed E-state index contributed by atoms with van der Waals surface area (Å²) in [4.78, 5) is 14.5. The predicted octanol–water partition coefficient (Wildman–Crippen LogP) is 2.61. The van der Waals surface area contributed by atoms with E-state index in [1.807, 2.05) is 0 Å². The molecule has 1 heterocycles. The summed E-state index contributed by atoms with van der Waals surface area (Å²) in [6.45, 7) is 5.11. The van der Waals surface area contributed by atoms with Crippen molar-refractivity contribution in [3.05, 3.63) is 35.4 Å². The van der Waals surface area contributed by atoms with E-state index in [1.165, 1.54) is 24.0 Å². The molecule has 1 amide bonds. The molecule has 3 nitrogen and oxygen atoms in total. The molecule has 1 saturated carbocycles. The van der Waals surface area contributed by atoms with Crippen LogP contribution < -0.4 is 5.32 Å². The summed E-state index contributed by atoms with van der Waals surface area (Å²) in [5.41, 5.74) is 2.50. The number of benzene rings is 1. The van der Waals surface area contributed by atoms with Crippen LogP contribution in [0.25, 0.3) is 0 Å². The van der Waals surface area contributed by atoms with Gasteiger partial charge in [0.1, 0.15) is 6.17 Å². The van der Waals surface area contributed by atoms with Gasteiger partial charge in [0, 0.05) is 6.54 Å². The lowest BCUT2D eigenvalue weighted by Gasteiger charge is -2.25. The number of amides is 1. The zero-order valence-electron chi connectivity index (χ0n) is 11.7. The summed E-state index contributed by atoms with van der Waals surface area (Å²) < 4.78 is 0. The molecule has 2 aliphatic rings. The van der Waals surface area contributed by atoms with Crippen LogP contribution in [-0.2, 0) is 4.79 Å². The van der Waals surface area contributed by atoms with E-state index in [0.717, 1.165) is 18.9 Å². The third-order valence-corrected chi connectivity index (χ3v) is 4.30. The third kappa shape index (κ3) is 2.39. The molecule has 1 aliphatic carbocycles. The molecule has 102 valence electrons. The highest BCUT2D eigenvalue weighted by Gasteiger charge is 2.41. The quantitative estimate of drug-likeness (QED) is 0.900. The summed E-state index contributed by atoms with van der Waals surface area (Å²) in [7, 11) is 0. The van der Waals surface area contributed by atoms with Gasteiger partial charge in [0.15, 0.2) is 0 Å². The van der Waals surface area contributed by atoms with Gasteiger partial charge < -0.3 is 4.90 Å². The Labute approximate surface area is 115 Å². The second-order valence-corrected chi connectivity index (χ2v) is 5.82. The second kappa shape index (κ2) is 4.97. The van der Waals surface area contributed by atoms with Crippen molar-refractivity contribution in [3.63, 3.8) is 0 Å². The van der Waals surface area contributed by atoms with Gasteiger partial charge >= 0.3 is 0 Å². The number of hydrogen-bond donors (Lipinski definition) is 1. The van der Waals surface area contributed by atoms with Gasteiger partial charge in [-0.05, 0) is 43.2 Å². The first-order chi connectivity index (χ1) is 9.20. The molecule has 1 aromatic carbocycles. The van der Waals surface area contributed by atoms with Gasteiger partial charge in [0.2, 0.25) is 5.91 Å². The molecule has 19 heavy (non-hydrogen) atoms. The molecule has 0 spiro atoms. The van der Waals surface area contributed by atoms with Crippen LogP contribution in [0.2, 0.25) is 0 Å². The summed E-state index contributed by atoms with van der Waals surface area (Å²) >= 11 is 0. The fraction of sp³-hybridized carbons (Fsp3) is 0.562. The Kier molecular flexibility index (Phi) is 3.31. The summed E-state index contributed by atoms with van der Waals surface area (Å²) in [5, 5.41) is 3.51. The third-order valence-electron chi connectivity index (χ3n) is 4.30. The van der Waals surface area contributed by atoms with Gasteiger partial charge in [-0.25, -0.2) is 0 Å². The molecule has 0 bridgehead atoms. The standard InChI is InChI=1S/C16H22N2O/c1-3-14-16(19)18(10-12-8-9-12)15(17-14)13-7-5-4-6-11(13)2/h4-7,12,14-15,17H,3,8-10H2,1-2H3. The van der Waals surface area contributed by atoms with Crippen molar-refractivity contribution in [2.45, 2.75) is 45.3 Å². The number of nitrogens with zero attached hydrogens (tertiary/aromatic N) is 1. The van der Waals surface area contributed by atoms with E-state index in [0.29, 0.717) is 0 Å². The highest BCUT2D eigenvalue weighted by Crippen LogP contribution is 2.35.